The molecule has 1 rings (SSSR count). The summed E-state index contributed by atoms with van der Waals surface area (Å²) in [5, 5.41) is 0. The fourth-order valence-corrected chi connectivity index (χ4v) is 1.84. The zero-order valence-electron chi connectivity index (χ0n) is 7.43. The van der Waals surface area contributed by atoms with Gasteiger partial charge in [0.25, 0.3) is 6.43 Å². The molecule has 0 amide bonds. The summed E-state index contributed by atoms with van der Waals surface area (Å²) in [6.45, 7) is 0. The fourth-order valence-electron chi connectivity index (χ4n) is 0.886. The molecule has 0 unspecified atom stereocenters. The molecule has 0 aromatic carbocycles. The van der Waals surface area contributed by atoms with E-state index in [0.29, 0.717) is 0 Å². The molecule has 82 valence electrons. The van der Waals surface area contributed by atoms with Crippen LogP contribution in [0.5, 0.6) is 0 Å². The first-order valence-corrected chi connectivity index (χ1v) is 5.28. The Hall–Kier alpha value is -0.560. The number of ether oxygens (including phenoxy) is 1. The average molecular weight is 345 g/mol. The Labute approximate surface area is 101 Å². The molecule has 0 radical (unpaired) electrons. The van der Waals surface area contributed by atoms with Gasteiger partial charge in [0.2, 0.25) is 0 Å². The van der Waals surface area contributed by atoms with Gasteiger partial charge in [0.1, 0.15) is 10.3 Å². The van der Waals surface area contributed by atoms with Crippen LogP contribution in [-0.4, -0.2) is 18.1 Å². The minimum Gasteiger partial charge on any atom is -0.465 e. The topological polar surface area (TPSA) is 39.2 Å². The van der Waals surface area contributed by atoms with Crippen LogP contribution in [0.2, 0.25) is 0 Å². The highest BCUT2D eigenvalue weighted by Gasteiger charge is 2.19. The lowest BCUT2D eigenvalue weighted by Gasteiger charge is -2.06. The number of alkyl halides is 2. The first kappa shape index (κ1) is 12.5. The number of nitrogens with zero attached hydrogens (tertiary/aromatic N) is 1. The van der Waals surface area contributed by atoms with Crippen LogP contribution >= 0.6 is 31.9 Å². The number of hydrogen-bond acceptors (Lipinski definition) is 3. The van der Waals surface area contributed by atoms with E-state index in [1.807, 2.05) is 0 Å². The summed E-state index contributed by atoms with van der Waals surface area (Å²) in [7, 11) is 1.20. The van der Waals surface area contributed by atoms with E-state index >= 15 is 0 Å². The zero-order valence-corrected chi connectivity index (χ0v) is 10.6. The summed E-state index contributed by atoms with van der Waals surface area (Å²) in [4.78, 5) is 14.7. The van der Waals surface area contributed by atoms with Crippen LogP contribution < -0.4 is 0 Å². The number of halogens is 4. The van der Waals surface area contributed by atoms with Crippen LogP contribution in [0, 0.1) is 0 Å². The van der Waals surface area contributed by atoms with Gasteiger partial charge in [-0.25, -0.2) is 18.6 Å². The van der Waals surface area contributed by atoms with E-state index in [-0.39, 0.29) is 14.6 Å². The highest BCUT2D eigenvalue weighted by atomic mass is 79.9. The predicted molar refractivity (Wildman–Crippen MR) is 55.9 cm³/mol. The second-order valence-corrected chi connectivity index (χ2v) is 4.09. The summed E-state index contributed by atoms with van der Waals surface area (Å²) in [6.07, 6.45) is -2.71. The molecule has 3 nitrogen and oxygen atoms in total. The molecule has 0 saturated heterocycles. The third kappa shape index (κ3) is 2.72. The molecule has 15 heavy (non-hydrogen) atoms. The van der Waals surface area contributed by atoms with Crippen LogP contribution in [0.4, 0.5) is 8.78 Å². The Bertz CT molecular complexity index is 398. The van der Waals surface area contributed by atoms with Crippen LogP contribution in [0.1, 0.15) is 22.5 Å². The van der Waals surface area contributed by atoms with Crippen LogP contribution in [0.25, 0.3) is 0 Å². The van der Waals surface area contributed by atoms with Crippen LogP contribution in [-0.2, 0) is 4.74 Å². The normalized spacial score (nSPS) is 10.5. The van der Waals surface area contributed by atoms with E-state index < -0.39 is 18.1 Å². The largest absolute Gasteiger partial charge is 0.465 e. The Morgan fingerprint density at radius 2 is 2.13 bits per heavy atom. The Balaban J connectivity index is 3.25. The highest BCUT2D eigenvalue weighted by molar-refractivity contribution is 9.11. The third-order valence-electron chi connectivity index (χ3n) is 1.57. The standard InChI is InChI=1S/C8H5Br2F2NO2/c1-15-8(14)3-2-4(9)5(7(11)12)13-6(3)10/h2,7H,1H3. The van der Waals surface area contributed by atoms with Crippen molar-refractivity contribution in [2.45, 2.75) is 6.43 Å². The van der Waals surface area contributed by atoms with Crippen molar-refractivity contribution in [1.82, 2.24) is 4.98 Å². The number of aromatic nitrogens is 1. The number of pyridine rings is 1. The van der Waals surface area contributed by atoms with Gasteiger partial charge < -0.3 is 4.74 Å². The van der Waals surface area contributed by atoms with Crippen molar-refractivity contribution in [3.05, 3.63) is 26.4 Å². The zero-order chi connectivity index (χ0) is 11.6. The van der Waals surface area contributed by atoms with Gasteiger partial charge in [-0.15, -0.1) is 0 Å². The van der Waals surface area contributed by atoms with E-state index in [1.165, 1.54) is 13.2 Å². The van der Waals surface area contributed by atoms with Gasteiger partial charge in [0.15, 0.2) is 0 Å². The summed E-state index contributed by atoms with van der Waals surface area (Å²) in [6, 6.07) is 1.24. The average Bonchev–Trinajstić information content (AvgIpc) is 2.19. The lowest BCUT2D eigenvalue weighted by molar-refractivity contribution is 0.0598. The molecular formula is C8H5Br2F2NO2. The van der Waals surface area contributed by atoms with Gasteiger partial charge in [-0.05, 0) is 37.9 Å². The highest BCUT2D eigenvalue weighted by Crippen LogP contribution is 2.29. The first-order valence-electron chi connectivity index (χ1n) is 3.69. The fraction of sp³-hybridized carbons (Fsp3) is 0.250. The Morgan fingerprint density at radius 3 is 2.60 bits per heavy atom. The van der Waals surface area contributed by atoms with Crippen molar-refractivity contribution in [1.29, 1.82) is 0 Å². The molecule has 0 spiro atoms. The van der Waals surface area contributed by atoms with Crippen LogP contribution in [0.15, 0.2) is 15.1 Å². The van der Waals surface area contributed by atoms with E-state index in [4.69, 9.17) is 0 Å². The van der Waals surface area contributed by atoms with Crippen molar-refractivity contribution < 1.29 is 18.3 Å². The smallest absolute Gasteiger partial charge is 0.340 e. The van der Waals surface area contributed by atoms with Crippen molar-refractivity contribution in [3.8, 4) is 0 Å². The van der Waals surface area contributed by atoms with Crippen molar-refractivity contribution in [2.75, 3.05) is 7.11 Å². The number of hydrogen-bond donors (Lipinski definition) is 0. The van der Waals surface area contributed by atoms with Gasteiger partial charge in [0.05, 0.1) is 12.7 Å². The molecule has 0 aliphatic carbocycles. The maximum atomic E-state index is 12.4. The molecular weight excluding hydrogens is 340 g/mol. The first-order chi connectivity index (χ1) is 6.97. The van der Waals surface area contributed by atoms with Gasteiger partial charge in [-0.1, -0.05) is 0 Å². The lowest BCUT2D eigenvalue weighted by atomic mass is 10.2. The molecule has 1 aromatic heterocycles. The molecule has 7 heteroatoms. The molecule has 0 aliphatic rings. The van der Waals surface area contributed by atoms with E-state index in [0.717, 1.165) is 0 Å². The van der Waals surface area contributed by atoms with Crippen molar-refractivity contribution in [3.63, 3.8) is 0 Å². The van der Waals surface area contributed by atoms with Crippen LogP contribution in [0.3, 0.4) is 0 Å². The molecule has 0 saturated carbocycles. The molecule has 0 aliphatic heterocycles. The van der Waals surface area contributed by atoms with E-state index in [2.05, 4.69) is 41.6 Å². The number of carbonyl (C=O) groups excluding carboxylic acids is 1. The predicted octanol–water partition coefficient (Wildman–Crippen LogP) is 3.33. The SMILES string of the molecule is COC(=O)c1cc(Br)c(C(F)F)nc1Br. The summed E-state index contributed by atoms with van der Waals surface area (Å²) in [5.41, 5.74) is -0.330. The summed E-state index contributed by atoms with van der Waals surface area (Å²) >= 11 is 5.83. The lowest BCUT2D eigenvalue weighted by Crippen LogP contribution is -2.05. The van der Waals surface area contributed by atoms with Crippen molar-refractivity contribution in [2.24, 2.45) is 0 Å². The number of rotatable bonds is 2. The maximum absolute atomic E-state index is 12.4. The van der Waals surface area contributed by atoms with Gasteiger partial charge in [-0.3, -0.25) is 0 Å². The molecule has 1 aromatic rings. The van der Waals surface area contributed by atoms with Gasteiger partial charge in [0, 0.05) is 4.47 Å². The quantitative estimate of drug-likeness (QED) is 0.610. The van der Waals surface area contributed by atoms with Gasteiger partial charge in [-0.2, -0.15) is 0 Å². The Morgan fingerprint density at radius 1 is 1.53 bits per heavy atom. The Kier molecular flexibility index (Phi) is 4.15. The summed E-state index contributed by atoms with van der Waals surface area (Å²) in [5.74, 6) is -0.643. The summed E-state index contributed by atoms with van der Waals surface area (Å²) < 4.78 is 29.3. The maximum Gasteiger partial charge on any atom is 0.340 e. The third-order valence-corrected chi connectivity index (χ3v) is 2.81. The monoisotopic (exact) mass is 343 g/mol. The van der Waals surface area contributed by atoms with E-state index in [1.54, 1.807) is 0 Å². The van der Waals surface area contributed by atoms with E-state index in [9.17, 15) is 13.6 Å². The molecule has 0 bridgehead atoms. The number of methoxy groups -OCH3 is 1. The molecule has 0 fully saturated rings. The van der Waals surface area contributed by atoms with Crippen molar-refractivity contribution >= 4 is 37.8 Å². The molecule has 0 N–H and O–H groups in total. The second kappa shape index (κ2) is 4.98. The van der Waals surface area contributed by atoms with Gasteiger partial charge >= 0.3 is 5.97 Å². The molecule has 0 atom stereocenters. The number of carbonyl (C=O) groups is 1. The minimum atomic E-state index is -2.71. The number of esters is 1. The second-order valence-electron chi connectivity index (χ2n) is 2.49. The minimum absolute atomic E-state index is 0.0350. The molecule has 1 heterocycles.